The first kappa shape index (κ1) is 6.23. The Bertz CT molecular complexity index is 358. The molecule has 0 aromatic carbocycles. The highest BCUT2D eigenvalue weighted by Gasteiger charge is 2.84. The van der Waals surface area contributed by atoms with Gasteiger partial charge in [-0.3, -0.25) is 0 Å². The fraction of sp³-hybridized carbons (Fsp3) is 0.833. The van der Waals surface area contributed by atoms with E-state index in [2.05, 4.69) is 13.0 Å². The third-order valence-corrected chi connectivity index (χ3v) is 5.94. The van der Waals surface area contributed by atoms with E-state index in [-0.39, 0.29) is 0 Å². The van der Waals surface area contributed by atoms with E-state index in [1.165, 1.54) is 6.42 Å². The maximum Gasteiger partial charge on any atom is 0.0687 e. The van der Waals surface area contributed by atoms with Gasteiger partial charge >= 0.3 is 0 Å². The molecule has 1 heterocycles. The maximum atomic E-state index is 5.87. The van der Waals surface area contributed by atoms with Gasteiger partial charge in [-0.05, 0) is 48.5 Å². The van der Waals surface area contributed by atoms with E-state index >= 15 is 0 Å². The maximum absolute atomic E-state index is 5.87. The molecule has 0 aromatic rings. The van der Waals surface area contributed by atoms with Crippen molar-refractivity contribution in [1.29, 1.82) is 0 Å². The minimum absolute atomic E-state index is 0.538. The van der Waals surface area contributed by atoms with Crippen molar-refractivity contribution in [2.45, 2.75) is 19.4 Å². The quantitative estimate of drug-likeness (QED) is 0.509. The first-order valence-electron chi connectivity index (χ1n) is 5.68. The van der Waals surface area contributed by atoms with Gasteiger partial charge in [-0.15, -0.1) is 0 Å². The van der Waals surface area contributed by atoms with Crippen molar-refractivity contribution < 1.29 is 4.74 Å². The van der Waals surface area contributed by atoms with Gasteiger partial charge < -0.3 is 4.74 Å². The summed E-state index contributed by atoms with van der Waals surface area (Å²) in [5.74, 6) is 5.31. The molecule has 1 spiro atoms. The minimum atomic E-state index is 0.538. The van der Waals surface area contributed by atoms with Crippen LogP contribution in [0.4, 0.5) is 0 Å². The van der Waals surface area contributed by atoms with Gasteiger partial charge in [0.25, 0.3) is 0 Å². The molecule has 0 amide bonds. The van der Waals surface area contributed by atoms with Crippen molar-refractivity contribution in [1.82, 2.24) is 0 Å². The van der Waals surface area contributed by atoms with Crippen molar-refractivity contribution in [2.24, 2.45) is 35.0 Å². The molecular formula is C12H14O. The number of allylic oxidation sites excluding steroid dienone is 1. The SMILES string of the molecule is CC1OCC2=CC3C4C5CC3C21C54. The lowest BCUT2D eigenvalue weighted by Crippen LogP contribution is -2.32. The van der Waals surface area contributed by atoms with Crippen molar-refractivity contribution in [3.8, 4) is 0 Å². The molecule has 7 atom stereocenters. The molecule has 0 radical (unpaired) electrons. The summed E-state index contributed by atoms with van der Waals surface area (Å²) in [6, 6.07) is 0. The van der Waals surface area contributed by atoms with Crippen molar-refractivity contribution >= 4 is 0 Å². The molecule has 0 aromatic heterocycles. The molecule has 6 bridgehead atoms. The van der Waals surface area contributed by atoms with Gasteiger partial charge in [0.15, 0.2) is 0 Å². The number of rotatable bonds is 0. The number of ether oxygens (including phenoxy) is 1. The van der Waals surface area contributed by atoms with Crippen LogP contribution < -0.4 is 0 Å². The minimum Gasteiger partial charge on any atom is -0.373 e. The summed E-state index contributed by atoms with van der Waals surface area (Å²) in [7, 11) is 0. The molecule has 6 rings (SSSR count). The van der Waals surface area contributed by atoms with Crippen LogP contribution in [-0.2, 0) is 4.74 Å². The summed E-state index contributed by atoms with van der Waals surface area (Å²) in [5.41, 5.74) is 2.29. The Balaban J connectivity index is 1.86. The Morgan fingerprint density at radius 2 is 2.46 bits per heavy atom. The largest absolute Gasteiger partial charge is 0.373 e. The van der Waals surface area contributed by atoms with Crippen LogP contribution in [0.3, 0.4) is 0 Å². The van der Waals surface area contributed by atoms with E-state index in [1.807, 2.05) is 0 Å². The topological polar surface area (TPSA) is 9.23 Å². The van der Waals surface area contributed by atoms with Crippen LogP contribution in [0.5, 0.6) is 0 Å². The second kappa shape index (κ2) is 1.42. The number of hydrogen-bond donors (Lipinski definition) is 0. The Morgan fingerprint density at radius 1 is 1.54 bits per heavy atom. The Morgan fingerprint density at radius 3 is 3.23 bits per heavy atom. The summed E-state index contributed by atoms with van der Waals surface area (Å²) in [4.78, 5) is 0. The summed E-state index contributed by atoms with van der Waals surface area (Å²) in [6.45, 7) is 3.28. The second-order valence-corrected chi connectivity index (χ2v) is 5.76. The van der Waals surface area contributed by atoms with Gasteiger partial charge in [-0.2, -0.15) is 0 Å². The molecule has 1 saturated heterocycles. The van der Waals surface area contributed by atoms with Gasteiger partial charge in [-0.1, -0.05) is 6.08 Å². The van der Waals surface area contributed by atoms with Crippen LogP contribution in [-0.4, -0.2) is 12.7 Å². The standard InChI is InChI=1S/C12H14O/c1-5-12-6(4-13-5)2-7-9(12)3-8-10(7)11(8)12/h2,5,7-11H,3-4H2,1H3. The first-order valence-corrected chi connectivity index (χ1v) is 5.68. The average Bonchev–Trinajstić information content (AvgIpc) is 2.57. The average molecular weight is 174 g/mol. The van der Waals surface area contributed by atoms with Crippen molar-refractivity contribution in [2.75, 3.05) is 6.61 Å². The highest BCUT2D eigenvalue weighted by Crippen LogP contribution is 2.87. The summed E-state index contributed by atoms with van der Waals surface area (Å²) in [6.07, 6.45) is 4.67. The van der Waals surface area contributed by atoms with E-state index < -0.39 is 0 Å². The van der Waals surface area contributed by atoms with Crippen LogP contribution in [0.25, 0.3) is 0 Å². The van der Waals surface area contributed by atoms with Crippen molar-refractivity contribution in [3.05, 3.63) is 11.6 Å². The predicted molar refractivity (Wildman–Crippen MR) is 48.0 cm³/mol. The monoisotopic (exact) mass is 174 g/mol. The van der Waals surface area contributed by atoms with Crippen LogP contribution >= 0.6 is 0 Å². The molecule has 1 nitrogen and oxygen atoms in total. The molecule has 0 N–H and O–H groups in total. The molecule has 13 heavy (non-hydrogen) atoms. The smallest absolute Gasteiger partial charge is 0.0687 e. The van der Waals surface area contributed by atoms with Crippen LogP contribution in [0, 0.1) is 35.0 Å². The van der Waals surface area contributed by atoms with E-state index in [0.717, 1.165) is 36.2 Å². The van der Waals surface area contributed by atoms with Gasteiger partial charge in [-0.25, -0.2) is 0 Å². The van der Waals surface area contributed by atoms with Gasteiger partial charge in [0.1, 0.15) is 0 Å². The molecule has 5 fully saturated rings. The van der Waals surface area contributed by atoms with Gasteiger partial charge in [0, 0.05) is 5.41 Å². The van der Waals surface area contributed by atoms with Crippen LogP contribution in [0.15, 0.2) is 11.6 Å². The van der Waals surface area contributed by atoms with E-state index in [9.17, 15) is 0 Å². The summed E-state index contributed by atoms with van der Waals surface area (Å²) < 4.78 is 5.87. The zero-order valence-corrected chi connectivity index (χ0v) is 7.86. The predicted octanol–water partition coefficient (Wildman–Crippen LogP) is 1.84. The fourth-order valence-electron chi connectivity index (χ4n) is 5.80. The molecular weight excluding hydrogens is 160 g/mol. The Kier molecular flexibility index (Phi) is 0.682. The van der Waals surface area contributed by atoms with Gasteiger partial charge in [0.05, 0.1) is 12.7 Å². The molecule has 4 saturated carbocycles. The second-order valence-electron chi connectivity index (χ2n) is 5.76. The molecule has 5 aliphatic carbocycles. The lowest BCUT2D eigenvalue weighted by molar-refractivity contribution is 0.0448. The van der Waals surface area contributed by atoms with E-state index in [4.69, 9.17) is 4.74 Å². The molecule has 68 valence electrons. The fourth-order valence-corrected chi connectivity index (χ4v) is 5.80. The lowest BCUT2D eigenvalue weighted by atomic mass is 9.73. The van der Waals surface area contributed by atoms with Crippen molar-refractivity contribution in [3.63, 3.8) is 0 Å². The molecule has 1 aliphatic heterocycles. The summed E-state index contributed by atoms with van der Waals surface area (Å²) in [5, 5.41) is 0. The Hall–Kier alpha value is -0.300. The van der Waals surface area contributed by atoms with E-state index in [0.29, 0.717) is 11.5 Å². The number of hydrogen-bond acceptors (Lipinski definition) is 1. The first-order chi connectivity index (χ1) is 6.35. The van der Waals surface area contributed by atoms with E-state index in [1.54, 1.807) is 5.57 Å². The zero-order valence-electron chi connectivity index (χ0n) is 7.86. The van der Waals surface area contributed by atoms with Gasteiger partial charge in [0.2, 0.25) is 0 Å². The van der Waals surface area contributed by atoms with Crippen LogP contribution in [0.2, 0.25) is 0 Å². The molecule has 7 unspecified atom stereocenters. The highest BCUT2D eigenvalue weighted by molar-refractivity contribution is 5.47. The molecule has 6 aliphatic rings. The Labute approximate surface area is 78.1 Å². The normalized spacial score (nSPS) is 74.4. The zero-order chi connectivity index (χ0) is 8.37. The summed E-state index contributed by atoms with van der Waals surface area (Å²) >= 11 is 0. The lowest BCUT2D eigenvalue weighted by Gasteiger charge is -2.30. The highest BCUT2D eigenvalue weighted by atomic mass is 16.5. The third-order valence-electron chi connectivity index (χ3n) is 5.94. The molecule has 1 heteroatoms. The third kappa shape index (κ3) is 0.368. The van der Waals surface area contributed by atoms with Crippen LogP contribution in [0.1, 0.15) is 13.3 Å².